The molecule has 2 rings (SSSR count). The molecule has 0 spiro atoms. The number of H-pyrrole nitrogens is 1. The van der Waals surface area contributed by atoms with Gasteiger partial charge >= 0.3 is 0 Å². The number of carboxylic acids is 1. The number of thioether (sulfide) groups is 1. The number of hydrogen-bond donors (Lipinski definition) is 0. The van der Waals surface area contributed by atoms with Crippen molar-refractivity contribution < 1.29 is 14.9 Å². The first-order valence-corrected chi connectivity index (χ1v) is 7.88. The monoisotopic (exact) mass is 289 g/mol. The lowest BCUT2D eigenvalue weighted by Crippen LogP contribution is -2.24. The van der Waals surface area contributed by atoms with Gasteiger partial charge in [0.2, 0.25) is 5.52 Å². The average Bonchev–Trinajstić information content (AvgIpc) is 2.43. The number of aliphatic carboxylic acids is 1. The van der Waals surface area contributed by atoms with Crippen LogP contribution in [0.5, 0.6) is 0 Å². The molecule has 0 saturated carbocycles. The molecule has 0 amide bonds. The molecule has 106 valence electrons. The van der Waals surface area contributed by atoms with Gasteiger partial charge in [-0.25, -0.2) is 4.98 Å². The fourth-order valence-corrected chi connectivity index (χ4v) is 3.38. The van der Waals surface area contributed by atoms with Crippen molar-refractivity contribution in [2.45, 2.75) is 38.0 Å². The SMILES string of the molecule is CCCCc1c(C)[nH+]c2ccccc2c1SCC(=O)[O-]. The van der Waals surface area contributed by atoms with Crippen LogP contribution in [0.4, 0.5) is 0 Å². The Kier molecular flexibility index (Phi) is 5.01. The van der Waals surface area contributed by atoms with Gasteiger partial charge in [0.1, 0.15) is 0 Å². The highest BCUT2D eigenvalue weighted by Gasteiger charge is 2.17. The van der Waals surface area contributed by atoms with Crippen molar-refractivity contribution >= 4 is 28.6 Å². The molecule has 0 atom stereocenters. The van der Waals surface area contributed by atoms with Crippen LogP contribution in [-0.4, -0.2) is 11.7 Å². The molecular formula is C16H19NO2S. The third-order valence-corrected chi connectivity index (χ3v) is 4.47. The Balaban J connectivity index is 2.52. The van der Waals surface area contributed by atoms with E-state index in [1.54, 1.807) is 0 Å². The van der Waals surface area contributed by atoms with E-state index in [0.29, 0.717) is 0 Å². The number of nitrogens with one attached hydrogen (secondary N) is 1. The first-order valence-electron chi connectivity index (χ1n) is 6.89. The second-order valence-electron chi connectivity index (χ2n) is 4.87. The number of unbranched alkanes of at least 4 members (excludes halogenated alkanes) is 1. The molecule has 1 aromatic heterocycles. The van der Waals surface area contributed by atoms with Crippen molar-refractivity contribution in [3.05, 3.63) is 35.5 Å². The molecule has 4 heteroatoms. The van der Waals surface area contributed by atoms with Crippen LogP contribution in [0.3, 0.4) is 0 Å². The second-order valence-corrected chi connectivity index (χ2v) is 5.85. The van der Waals surface area contributed by atoms with Crippen LogP contribution >= 0.6 is 11.8 Å². The van der Waals surface area contributed by atoms with Gasteiger partial charge in [-0.2, -0.15) is 0 Å². The number of aryl methyl sites for hydroxylation is 1. The van der Waals surface area contributed by atoms with E-state index in [9.17, 15) is 9.90 Å². The standard InChI is InChI=1S/C16H19NO2S/c1-3-4-7-12-11(2)17-14-9-6-5-8-13(14)16(12)20-10-15(18)19/h5-6,8-9H,3-4,7,10H2,1-2H3,(H,18,19). The molecular weight excluding hydrogens is 270 g/mol. The molecule has 0 aliphatic heterocycles. The summed E-state index contributed by atoms with van der Waals surface area (Å²) in [5.74, 6) is -1.03. The van der Waals surface area contributed by atoms with Crippen LogP contribution in [-0.2, 0) is 11.2 Å². The highest BCUT2D eigenvalue weighted by molar-refractivity contribution is 8.00. The maximum absolute atomic E-state index is 10.8. The normalized spacial score (nSPS) is 10.9. The zero-order valence-corrected chi connectivity index (χ0v) is 12.7. The molecule has 1 heterocycles. The predicted octanol–water partition coefficient (Wildman–Crippen LogP) is 2.15. The Labute approximate surface area is 123 Å². The predicted molar refractivity (Wildman–Crippen MR) is 79.6 cm³/mol. The molecule has 3 nitrogen and oxygen atoms in total. The summed E-state index contributed by atoms with van der Waals surface area (Å²) in [5.41, 5.74) is 3.40. The van der Waals surface area contributed by atoms with Crippen LogP contribution in [0.1, 0.15) is 31.0 Å². The number of carboxylic acid groups (broad SMARTS) is 1. The number of aromatic amines is 1. The Morgan fingerprint density at radius 3 is 2.80 bits per heavy atom. The topological polar surface area (TPSA) is 54.3 Å². The number of pyridine rings is 1. The van der Waals surface area contributed by atoms with E-state index in [1.807, 2.05) is 24.3 Å². The van der Waals surface area contributed by atoms with Crippen LogP contribution in [0.25, 0.3) is 10.9 Å². The molecule has 0 bridgehead atoms. The van der Waals surface area contributed by atoms with Gasteiger partial charge < -0.3 is 9.90 Å². The fourth-order valence-electron chi connectivity index (χ4n) is 2.35. The summed E-state index contributed by atoms with van der Waals surface area (Å²) in [6.07, 6.45) is 3.20. The summed E-state index contributed by atoms with van der Waals surface area (Å²) in [6, 6.07) is 8.03. The van der Waals surface area contributed by atoms with Crippen LogP contribution in [0.2, 0.25) is 0 Å². The Hall–Kier alpha value is -1.55. The Morgan fingerprint density at radius 2 is 2.10 bits per heavy atom. The summed E-state index contributed by atoms with van der Waals surface area (Å²) >= 11 is 1.37. The molecule has 0 saturated heterocycles. The molecule has 0 radical (unpaired) electrons. The number of benzene rings is 1. The van der Waals surface area contributed by atoms with Gasteiger partial charge in [0, 0.05) is 29.2 Å². The van der Waals surface area contributed by atoms with E-state index in [1.165, 1.54) is 17.3 Å². The fraction of sp³-hybridized carbons (Fsp3) is 0.375. The van der Waals surface area contributed by atoms with Gasteiger partial charge in [-0.3, -0.25) is 0 Å². The van der Waals surface area contributed by atoms with E-state index in [-0.39, 0.29) is 5.75 Å². The molecule has 2 aromatic rings. The van der Waals surface area contributed by atoms with E-state index in [0.717, 1.165) is 40.8 Å². The van der Waals surface area contributed by atoms with Gasteiger partial charge in [-0.05, 0) is 18.9 Å². The summed E-state index contributed by atoms with van der Waals surface area (Å²) in [7, 11) is 0. The second kappa shape index (κ2) is 6.75. The third-order valence-electron chi connectivity index (χ3n) is 3.34. The van der Waals surface area contributed by atoms with Crippen molar-refractivity contribution in [3.63, 3.8) is 0 Å². The number of aromatic nitrogens is 1. The molecule has 1 aromatic carbocycles. The number of hydrogen-bond acceptors (Lipinski definition) is 3. The Morgan fingerprint density at radius 1 is 1.35 bits per heavy atom. The molecule has 0 aliphatic rings. The van der Waals surface area contributed by atoms with Crippen LogP contribution < -0.4 is 10.1 Å². The molecule has 0 fully saturated rings. The quantitative estimate of drug-likeness (QED) is 0.766. The first kappa shape index (κ1) is 14.9. The average molecular weight is 289 g/mol. The van der Waals surface area contributed by atoms with Crippen molar-refractivity contribution in [2.75, 3.05) is 5.75 Å². The van der Waals surface area contributed by atoms with Crippen LogP contribution in [0, 0.1) is 6.92 Å². The number of carbonyl (C=O) groups is 1. The lowest BCUT2D eigenvalue weighted by molar-refractivity contribution is -0.356. The minimum atomic E-state index is -1.02. The van der Waals surface area contributed by atoms with Crippen molar-refractivity contribution in [3.8, 4) is 0 Å². The lowest BCUT2D eigenvalue weighted by atomic mass is 10.0. The number of carbonyl (C=O) groups excluding carboxylic acids is 1. The van der Waals surface area contributed by atoms with E-state index in [2.05, 4.69) is 18.8 Å². The highest BCUT2D eigenvalue weighted by atomic mass is 32.2. The first-order chi connectivity index (χ1) is 9.63. The molecule has 1 N–H and O–H groups in total. The smallest absolute Gasteiger partial charge is 0.212 e. The summed E-state index contributed by atoms with van der Waals surface area (Å²) in [5, 5.41) is 11.9. The summed E-state index contributed by atoms with van der Waals surface area (Å²) in [6.45, 7) is 4.22. The van der Waals surface area contributed by atoms with Crippen molar-refractivity contribution in [1.29, 1.82) is 0 Å². The number of rotatable bonds is 6. The molecule has 0 aliphatic carbocycles. The van der Waals surface area contributed by atoms with E-state index < -0.39 is 5.97 Å². The van der Waals surface area contributed by atoms with E-state index in [4.69, 9.17) is 0 Å². The van der Waals surface area contributed by atoms with Gasteiger partial charge in [0.15, 0.2) is 5.69 Å². The van der Waals surface area contributed by atoms with E-state index >= 15 is 0 Å². The zero-order valence-electron chi connectivity index (χ0n) is 11.9. The maximum Gasteiger partial charge on any atom is 0.212 e. The minimum absolute atomic E-state index is 0.00737. The summed E-state index contributed by atoms with van der Waals surface area (Å²) in [4.78, 5) is 15.3. The third kappa shape index (κ3) is 3.31. The Bertz CT molecular complexity index is 625. The van der Waals surface area contributed by atoms with Gasteiger partial charge in [0.05, 0.1) is 11.4 Å². The van der Waals surface area contributed by atoms with Crippen molar-refractivity contribution in [1.82, 2.24) is 0 Å². The largest absolute Gasteiger partial charge is 0.549 e. The van der Waals surface area contributed by atoms with Crippen LogP contribution in [0.15, 0.2) is 29.2 Å². The zero-order chi connectivity index (χ0) is 14.5. The number of para-hydroxylation sites is 1. The minimum Gasteiger partial charge on any atom is -0.549 e. The van der Waals surface area contributed by atoms with Crippen molar-refractivity contribution in [2.24, 2.45) is 0 Å². The van der Waals surface area contributed by atoms with Gasteiger partial charge in [-0.15, -0.1) is 11.8 Å². The lowest BCUT2D eigenvalue weighted by Gasteiger charge is -2.11. The molecule has 20 heavy (non-hydrogen) atoms. The summed E-state index contributed by atoms with van der Waals surface area (Å²) < 4.78 is 0. The van der Waals surface area contributed by atoms with Gasteiger partial charge in [0.25, 0.3) is 0 Å². The van der Waals surface area contributed by atoms with Gasteiger partial charge in [-0.1, -0.05) is 25.5 Å². The highest BCUT2D eigenvalue weighted by Crippen LogP contribution is 2.31. The molecule has 0 unspecified atom stereocenters. The number of fused-ring (bicyclic) bond motifs is 1. The maximum atomic E-state index is 10.8.